The van der Waals surface area contributed by atoms with Crippen molar-refractivity contribution in [1.29, 1.82) is 0 Å². The van der Waals surface area contributed by atoms with Gasteiger partial charge in [0.25, 0.3) is 5.91 Å². The number of nitrogens with one attached hydrogen (secondary N) is 1. The van der Waals surface area contributed by atoms with Gasteiger partial charge in [0.15, 0.2) is 0 Å². The van der Waals surface area contributed by atoms with Crippen LogP contribution < -0.4 is 5.32 Å². The summed E-state index contributed by atoms with van der Waals surface area (Å²) in [4.78, 5) is 11.3. The molecule has 2 nitrogen and oxygen atoms in total. The lowest BCUT2D eigenvalue weighted by atomic mass is 10.2. The highest BCUT2D eigenvalue weighted by molar-refractivity contribution is 9.10. The Balaban J connectivity index is 2.86. The Bertz CT molecular complexity index is 470. The standard InChI is InChI=1S/C10H6BrF6NO/c11-4-1-5(12)7(6(13)2-4)8(19)18-3-10(16,17)9(14)15/h1-2,9H,3H2,(H,18,19). The molecule has 19 heavy (non-hydrogen) atoms. The lowest BCUT2D eigenvalue weighted by Crippen LogP contribution is -2.41. The van der Waals surface area contributed by atoms with Gasteiger partial charge in [-0.2, -0.15) is 8.78 Å². The van der Waals surface area contributed by atoms with Crippen LogP contribution in [0.15, 0.2) is 16.6 Å². The van der Waals surface area contributed by atoms with Crippen LogP contribution in [0.1, 0.15) is 10.4 Å². The minimum absolute atomic E-state index is 0.00281. The molecule has 9 heteroatoms. The maximum atomic E-state index is 13.3. The number of alkyl halides is 4. The average molecular weight is 350 g/mol. The minimum atomic E-state index is -4.47. The summed E-state index contributed by atoms with van der Waals surface area (Å²) in [5.41, 5.74) is -1.12. The molecule has 0 saturated heterocycles. The summed E-state index contributed by atoms with van der Waals surface area (Å²) < 4.78 is 75.2. The van der Waals surface area contributed by atoms with Gasteiger partial charge in [-0.05, 0) is 12.1 Å². The first-order valence-electron chi connectivity index (χ1n) is 4.74. The number of hydrogen-bond donors (Lipinski definition) is 1. The van der Waals surface area contributed by atoms with Gasteiger partial charge in [0.2, 0.25) is 0 Å². The smallest absolute Gasteiger partial charge is 0.324 e. The van der Waals surface area contributed by atoms with Gasteiger partial charge in [-0.1, -0.05) is 15.9 Å². The van der Waals surface area contributed by atoms with Gasteiger partial charge < -0.3 is 5.32 Å². The zero-order chi connectivity index (χ0) is 14.8. The zero-order valence-corrected chi connectivity index (χ0v) is 10.6. The van der Waals surface area contributed by atoms with Gasteiger partial charge in [-0.3, -0.25) is 4.79 Å². The van der Waals surface area contributed by atoms with Crippen molar-refractivity contribution in [2.75, 3.05) is 6.54 Å². The maximum absolute atomic E-state index is 13.3. The van der Waals surface area contributed by atoms with E-state index in [0.29, 0.717) is 0 Å². The highest BCUT2D eigenvalue weighted by Gasteiger charge is 2.41. The highest BCUT2D eigenvalue weighted by atomic mass is 79.9. The Hall–Kier alpha value is -1.25. The van der Waals surface area contributed by atoms with Crippen LogP contribution in [0.2, 0.25) is 0 Å². The van der Waals surface area contributed by atoms with E-state index in [1.165, 1.54) is 5.32 Å². The fourth-order valence-corrected chi connectivity index (χ4v) is 1.52. The fourth-order valence-electron chi connectivity index (χ4n) is 1.12. The number of hydrogen-bond acceptors (Lipinski definition) is 1. The fraction of sp³-hybridized carbons (Fsp3) is 0.300. The Morgan fingerprint density at radius 1 is 1.26 bits per heavy atom. The third kappa shape index (κ3) is 3.85. The van der Waals surface area contributed by atoms with Crippen molar-refractivity contribution in [1.82, 2.24) is 5.32 Å². The first-order chi connectivity index (χ1) is 8.65. The number of rotatable bonds is 4. The van der Waals surface area contributed by atoms with E-state index >= 15 is 0 Å². The van der Waals surface area contributed by atoms with Crippen molar-refractivity contribution < 1.29 is 31.1 Å². The molecule has 0 fully saturated rings. The van der Waals surface area contributed by atoms with E-state index < -0.39 is 42.0 Å². The molecule has 1 aromatic rings. The Labute approximate surface area is 111 Å². The zero-order valence-electron chi connectivity index (χ0n) is 8.99. The molecule has 0 aliphatic carbocycles. The largest absolute Gasteiger partial charge is 0.346 e. The average Bonchev–Trinajstić information content (AvgIpc) is 2.24. The van der Waals surface area contributed by atoms with Gasteiger partial charge in [0.1, 0.15) is 17.2 Å². The molecule has 1 N–H and O–H groups in total. The molecule has 1 rings (SSSR count). The van der Waals surface area contributed by atoms with E-state index in [-0.39, 0.29) is 4.47 Å². The summed E-state index contributed by atoms with van der Waals surface area (Å²) in [6, 6.07) is 1.48. The molecule has 106 valence electrons. The summed E-state index contributed by atoms with van der Waals surface area (Å²) in [6.07, 6.45) is -3.99. The molecule has 1 amide bonds. The molecule has 0 heterocycles. The topological polar surface area (TPSA) is 29.1 Å². The normalized spacial score (nSPS) is 11.8. The molecule has 0 atom stereocenters. The summed E-state index contributed by atoms with van der Waals surface area (Å²) in [5.74, 6) is -8.62. The second kappa shape index (κ2) is 5.81. The van der Waals surface area contributed by atoms with Crippen molar-refractivity contribution in [2.45, 2.75) is 12.3 Å². The molecular formula is C10H6BrF6NO. The van der Waals surface area contributed by atoms with Crippen LogP contribution >= 0.6 is 15.9 Å². The van der Waals surface area contributed by atoms with Crippen LogP contribution in [-0.4, -0.2) is 24.8 Å². The van der Waals surface area contributed by atoms with Crippen LogP contribution in [0.5, 0.6) is 0 Å². The number of benzene rings is 1. The quantitative estimate of drug-likeness (QED) is 0.830. The van der Waals surface area contributed by atoms with Crippen LogP contribution in [-0.2, 0) is 0 Å². The summed E-state index contributed by atoms with van der Waals surface area (Å²) >= 11 is 2.76. The lowest BCUT2D eigenvalue weighted by molar-refractivity contribution is -0.123. The first-order valence-corrected chi connectivity index (χ1v) is 5.53. The summed E-state index contributed by atoms with van der Waals surface area (Å²) in [5, 5.41) is 1.36. The predicted octanol–water partition coefficient (Wildman–Crippen LogP) is 3.36. The van der Waals surface area contributed by atoms with Crippen molar-refractivity contribution in [3.05, 3.63) is 33.8 Å². The monoisotopic (exact) mass is 349 g/mol. The van der Waals surface area contributed by atoms with E-state index in [1.807, 2.05) is 0 Å². The number of halogens is 7. The Morgan fingerprint density at radius 2 is 1.74 bits per heavy atom. The van der Waals surface area contributed by atoms with Crippen molar-refractivity contribution in [2.24, 2.45) is 0 Å². The van der Waals surface area contributed by atoms with Gasteiger partial charge in [0, 0.05) is 4.47 Å². The lowest BCUT2D eigenvalue weighted by Gasteiger charge is -2.16. The van der Waals surface area contributed by atoms with Gasteiger partial charge >= 0.3 is 12.3 Å². The minimum Gasteiger partial charge on any atom is -0.346 e. The second-order valence-corrected chi connectivity index (χ2v) is 4.40. The van der Waals surface area contributed by atoms with E-state index in [2.05, 4.69) is 15.9 Å². The highest BCUT2D eigenvalue weighted by Crippen LogP contribution is 2.23. The Kier molecular flexibility index (Phi) is 4.83. The molecule has 0 saturated carbocycles. The predicted molar refractivity (Wildman–Crippen MR) is 57.3 cm³/mol. The van der Waals surface area contributed by atoms with Gasteiger partial charge in [-0.25, -0.2) is 17.6 Å². The van der Waals surface area contributed by atoms with Crippen LogP contribution in [0.25, 0.3) is 0 Å². The maximum Gasteiger partial charge on any atom is 0.324 e. The molecule has 1 aromatic carbocycles. The van der Waals surface area contributed by atoms with Gasteiger partial charge in [-0.15, -0.1) is 0 Å². The first kappa shape index (κ1) is 15.8. The molecule has 0 spiro atoms. The van der Waals surface area contributed by atoms with Gasteiger partial charge in [0.05, 0.1) is 6.54 Å². The van der Waals surface area contributed by atoms with E-state index in [9.17, 15) is 31.1 Å². The molecule has 0 aromatic heterocycles. The molecule has 0 unspecified atom stereocenters. The summed E-state index contributed by atoms with van der Waals surface area (Å²) in [7, 11) is 0. The van der Waals surface area contributed by atoms with E-state index in [4.69, 9.17) is 0 Å². The number of carbonyl (C=O) groups is 1. The van der Waals surface area contributed by atoms with Crippen molar-refractivity contribution in [3.63, 3.8) is 0 Å². The third-order valence-electron chi connectivity index (χ3n) is 2.04. The molecule has 0 radical (unpaired) electrons. The van der Waals surface area contributed by atoms with E-state index in [1.54, 1.807) is 0 Å². The molecular weight excluding hydrogens is 344 g/mol. The number of carbonyl (C=O) groups excluding carboxylic acids is 1. The number of amides is 1. The van der Waals surface area contributed by atoms with Crippen molar-refractivity contribution >= 4 is 21.8 Å². The molecule has 0 aliphatic rings. The second-order valence-electron chi connectivity index (χ2n) is 3.49. The molecule has 0 bridgehead atoms. The Morgan fingerprint density at radius 3 is 2.16 bits per heavy atom. The summed E-state index contributed by atoms with van der Waals surface area (Å²) in [6.45, 7) is -1.72. The third-order valence-corrected chi connectivity index (χ3v) is 2.50. The van der Waals surface area contributed by atoms with Crippen molar-refractivity contribution in [3.8, 4) is 0 Å². The molecule has 0 aliphatic heterocycles. The van der Waals surface area contributed by atoms with E-state index in [0.717, 1.165) is 12.1 Å². The SMILES string of the molecule is O=C(NCC(F)(F)C(F)F)c1c(F)cc(Br)cc1F. The van der Waals surface area contributed by atoms with Crippen LogP contribution in [0.4, 0.5) is 26.3 Å². The van der Waals surface area contributed by atoms with Crippen LogP contribution in [0, 0.1) is 11.6 Å². The van der Waals surface area contributed by atoms with Crippen LogP contribution in [0.3, 0.4) is 0 Å².